The van der Waals surface area contributed by atoms with Gasteiger partial charge in [0.2, 0.25) is 0 Å². The Bertz CT molecular complexity index is 346. The molecule has 1 N–H and O–H groups in total. The predicted octanol–water partition coefficient (Wildman–Crippen LogP) is 1.05. The zero-order valence-electron chi connectivity index (χ0n) is 7.15. The van der Waals surface area contributed by atoms with Gasteiger partial charge in [0.25, 0.3) is 0 Å². The third-order valence-electron chi connectivity index (χ3n) is 1.59. The molecule has 0 fully saturated rings. The summed E-state index contributed by atoms with van der Waals surface area (Å²) < 4.78 is 0. The number of aliphatic carboxylic acids is 1. The molecule has 0 radical (unpaired) electrons. The highest BCUT2D eigenvalue weighted by Gasteiger charge is 2.13. The largest absolute Gasteiger partial charge is 0.481 e. The summed E-state index contributed by atoms with van der Waals surface area (Å²) in [5, 5.41) is 8.39. The minimum Gasteiger partial charge on any atom is -0.481 e. The van der Waals surface area contributed by atoms with Crippen molar-refractivity contribution >= 4 is 11.8 Å². The van der Waals surface area contributed by atoms with Gasteiger partial charge in [-0.15, -0.1) is 0 Å². The summed E-state index contributed by atoms with van der Waals surface area (Å²) in [4.78, 5) is 25.3. The van der Waals surface area contributed by atoms with E-state index in [4.69, 9.17) is 5.11 Å². The molecule has 0 aliphatic heterocycles. The van der Waals surface area contributed by atoms with Crippen LogP contribution in [0.3, 0.4) is 0 Å². The zero-order valence-corrected chi connectivity index (χ0v) is 7.15. The normalized spacial score (nSPS) is 9.62. The van der Waals surface area contributed by atoms with Gasteiger partial charge >= 0.3 is 5.97 Å². The van der Waals surface area contributed by atoms with E-state index in [0.717, 1.165) is 0 Å². The second-order valence-electron chi connectivity index (χ2n) is 2.66. The third kappa shape index (κ3) is 2.37. The van der Waals surface area contributed by atoms with Crippen LogP contribution in [0.1, 0.15) is 22.5 Å². The van der Waals surface area contributed by atoms with E-state index in [9.17, 15) is 9.59 Å². The van der Waals surface area contributed by atoms with Crippen molar-refractivity contribution in [3.63, 3.8) is 0 Å². The van der Waals surface area contributed by atoms with E-state index in [1.165, 1.54) is 6.20 Å². The number of nitrogens with zero attached hydrogens (tertiary/aromatic N) is 1. The number of carbonyl (C=O) groups excluding carboxylic acids is 1. The maximum atomic E-state index is 11.2. The lowest BCUT2D eigenvalue weighted by Crippen LogP contribution is -2.10. The van der Waals surface area contributed by atoms with Crippen LogP contribution in [0.4, 0.5) is 0 Å². The second kappa shape index (κ2) is 3.80. The van der Waals surface area contributed by atoms with E-state index in [1.54, 1.807) is 19.1 Å². The smallest absolute Gasteiger partial charge is 0.311 e. The Morgan fingerprint density at radius 3 is 2.77 bits per heavy atom. The first-order chi connectivity index (χ1) is 6.11. The first-order valence-corrected chi connectivity index (χ1v) is 3.78. The maximum Gasteiger partial charge on any atom is 0.311 e. The summed E-state index contributed by atoms with van der Waals surface area (Å²) in [6.45, 7) is 1.72. The molecule has 0 saturated heterocycles. The molecule has 0 aliphatic rings. The molecular weight excluding hydrogens is 170 g/mol. The summed E-state index contributed by atoms with van der Waals surface area (Å²) >= 11 is 0. The molecule has 1 heterocycles. The van der Waals surface area contributed by atoms with E-state index in [0.29, 0.717) is 5.56 Å². The molecule has 0 saturated carbocycles. The van der Waals surface area contributed by atoms with E-state index in [-0.39, 0.29) is 5.69 Å². The molecule has 1 aromatic heterocycles. The third-order valence-corrected chi connectivity index (χ3v) is 1.59. The van der Waals surface area contributed by atoms with Gasteiger partial charge in [0.15, 0.2) is 5.78 Å². The SMILES string of the molecule is Cc1cccnc1C(=O)CC(=O)O. The van der Waals surface area contributed by atoms with Crippen molar-refractivity contribution in [1.82, 2.24) is 4.98 Å². The number of carbonyl (C=O) groups is 2. The van der Waals surface area contributed by atoms with Gasteiger partial charge in [-0.25, -0.2) is 0 Å². The summed E-state index contributed by atoms with van der Waals surface area (Å²) in [6, 6.07) is 3.43. The molecule has 68 valence electrons. The summed E-state index contributed by atoms with van der Waals surface area (Å²) in [7, 11) is 0. The number of aryl methyl sites for hydroxylation is 1. The molecule has 0 aliphatic carbocycles. The van der Waals surface area contributed by atoms with Crippen LogP contribution in [0, 0.1) is 6.92 Å². The van der Waals surface area contributed by atoms with Gasteiger partial charge in [0.1, 0.15) is 12.1 Å². The Hall–Kier alpha value is -1.71. The molecular formula is C9H9NO3. The van der Waals surface area contributed by atoms with Crippen LogP contribution in [0.15, 0.2) is 18.3 Å². The van der Waals surface area contributed by atoms with Crippen molar-refractivity contribution in [2.24, 2.45) is 0 Å². The molecule has 0 aromatic carbocycles. The predicted molar refractivity (Wildman–Crippen MR) is 45.6 cm³/mol. The Kier molecular flexibility index (Phi) is 2.74. The molecule has 0 unspecified atom stereocenters. The second-order valence-corrected chi connectivity index (χ2v) is 2.66. The van der Waals surface area contributed by atoms with Crippen LogP contribution >= 0.6 is 0 Å². The van der Waals surface area contributed by atoms with Gasteiger partial charge in [-0.2, -0.15) is 0 Å². The fourth-order valence-electron chi connectivity index (χ4n) is 0.999. The van der Waals surface area contributed by atoms with E-state index in [2.05, 4.69) is 4.98 Å². The number of ketones is 1. The topological polar surface area (TPSA) is 67.3 Å². The minimum absolute atomic E-state index is 0.241. The number of carboxylic acid groups (broad SMARTS) is 1. The van der Waals surface area contributed by atoms with E-state index in [1.807, 2.05) is 0 Å². The van der Waals surface area contributed by atoms with Crippen molar-refractivity contribution in [2.75, 3.05) is 0 Å². The fourth-order valence-corrected chi connectivity index (χ4v) is 0.999. The highest BCUT2D eigenvalue weighted by Crippen LogP contribution is 2.05. The van der Waals surface area contributed by atoms with E-state index < -0.39 is 18.2 Å². The van der Waals surface area contributed by atoms with Gasteiger partial charge in [-0.1, -0.05) is 6.07 Å². The summed E-state index contributed by atoms with van der Waals surface area (Å²) in [5.74, 6) is -1.58. The van der Waals surface area contributed by atoms with Crippen LogP contribution in [0.25, 0.3) is 0 Å². The van der Waals surface area contributed by atoms with Crippen molar-refractivity contribution < 1.29 is 14.7 Å². The molecule has 4 heteroatoms. The maximum absolute atomic E-state index is 11.2. The molecule has 13 heavy (non-hydrogen) atoms. The highest BCUT2D eigenvalue weighted by molar-refractivity contribution is 6.05. The Morgan fingerprint density at radius 2 is 2.23 bits per heavy atom. The number of aromatic nitrogens is 1. The molecule has 0 bridgehead atoms. The van der Waals surface area contributed by atoms with Gasteiger partial charge in [0.05, 0.1) is 0 Å². The molecule has 0 amide bonds. The summed E-state index contributed by atoms with van der Waals surface area (Å²) in [6.07, 6.45) is 0.972. The Labute approximate surface area is 75.2 Å². The van der Waals surface area contributed by atoms with Crippen molar-refractivity contribution in [3.05, 3.63) is 29.6 Å². The average Bonchev–Trinajstić information content (AvgIpc) is 2.03. The van der Waals surface area contributed by atoms with Crippen molar-refractivity contribution in [2.45, 2.75) is 13.3 Å². The van der Waals surface area contributed by atoms with Crippen LogP contribution < -0.4 is 0 Å². The monoisotopic (exact) mass is 179 g/mol. The van der Waals surface area contributed by atoms with E-state index >= 15 is 0 Å². The zero-order chi connectivity index (χ0) is 9.84. The molecule has 1 rings (SSSR count). The first-order valence-electron chi connectivity index (χ1n) is 3.78. The molecule has 4 nitrogen and oxygen atoms in total. The number of rotatable bonds is 3. The number of carboxylic acids is 1. The number of hydrogen-bond donors (Lipinski definition) is 1. The fraction of sp³-hybridized carbons (Fsp3) is 0.222. The summed E-state index contributed by atoms with van der Waals surface area (Å²) in [5.41, 5.74) is 0.943. The van der Waals surface area contributed by atoms with Gasteiger partial charge in [0, 0.05) is 6.20 Å². The first kappa shape index (κ1) is 9.38. The molecule has 1 aromatic rings. The Balaban J connectivity index is 2.89. The lowest BCUT2D eigenvalue weighted by atomic mass is 10.1. The number of Topliss-reactive ketones (excluding diaryl/α,β-unsaturated/α-hetero) is 1. The highest BCUT2D eigenvalue weighted by atomic mass is 16.4. The molecule has 0 atom stereocenters. The lowest BCUT2D eigenvalue weighted by molar-refractivity contribution is -0.135. The minimum atomic E-state index is -1.13. The van der Waals surface area contributed by atoms with Crippen molar-refractivity contribution in [1.29, 1.82) is 0 Å². The average molecular weight is 179 g/mol. The van der Waals surface area contributed by atoms with Gasteiger partial charge in [-0.3, -0.25) is 14.6 Å². The quantitative estimate of drug-likeness (QED) is 0.556. The van der Waals surface area contributed by atoms with Gasteiger partial charge in [-0.05, 0) is 18.6 Å². The lowest BCUT2D eigenvalue weighted by Gasteiger charge is -1.99. The number of hydrogen-bond acceptors (Lipinski definition) is 3. The Morgan fingerprint density at radius 1 is 1.54 bits per heavy atom. The van der Waals surface area contributed by atoms with Gasteiger partial charge < -0.3 is 5.11 Å². The van der Waals surface area contributed by atoms with Crippen LogP contribution in [0.5, 0.6) is 0 Å². The van der Waals surface area contributed by atoms with Crippen LogP contribution in [-0.2, 0) is 4.79 Å². The van der Waals surface area contributed by atoms with Crippen LogP contribution in [0.2, 0.25) is 0 Å². The number of pyridine rings is 1. The van der Waals surface area contributed by atoms with Crippen molar-refractivity contribution in [3.8, 4) is 0 Å². The molecule has 0 spiro atoms. The van der Waals surface area contributed by atoms with Crippen LogP contribution in [-0.4, -0.2) is 21.8 Å². The standard InChI is InChI=1S/C9H9NO3/c1-6-3-2-4-10-9(6)7(11)5-8(12)13/h2-4H,5H2,1H3,(H,12,13).